The molecular formula is C16H21N3O2. The molecule has 1 aliphatic rings. The minimum atomic E-state index is -0.838. The number of rotatable bonds is 2. The van der Waals surface area contributed by atoms with Crippen molar-refractivity contribution >= 4 is 5.91 Å². The van der Waals surface area contributed by atoms with E-state index >= 15 is 0 Å². The molecule has 1 aromatic heterocycles. The predicted molar refractivity (Wildman–Crippen MR) is 79.9 cm³/mol. The number of aromatic nitrogens is 1. The van der Waals surface area contributed by atoms with Crippen LogP contribution in [0, 0.1) is 18.3 Å². The SMILES string of the molecule is Cc1cc(=O)c(C(=O)NC2(C#N)CCCCCCC2)c[nH]1. The number of carbonyl (C=O) groups excluding carboxylic acids is 1. The van der Waals surface area contributed by atoms with Crippen LogP contribution in [0.4, 0.5) is 0 Å². The van der Waals surface area contributed by atoms with E-state index in [-0.39, 0.29) is 11.0 Å². The van der Waals surface area contributed by atoms with Crippen LogP contribution in [0.1, 0.15) is 61.0 Å². The average Bonchev–Trinajstić information content (AvgIpc) is 2.42. The van der Waals surface area contributed by atoms with Gasteiger partial charge in [0.1, 0.15) is 11.1 Å². The molecule has 0 unspecified atom stereocenters. The molecule has 1 heterocycles. The summed E-state index contributed by atoms with van der Waals surface area (Å²) in [6, 6.07) is 3.67. The number of nitriles is 1. The van der Waals surface area contributed by atoms with E-state index in [1.165, 1.54) is 18.7 Å². The van der Waals surface area contributed by atoms with Crippen molar-refractivity contribution in [1.82, 2.24) is 10.3 Å². The standard InChI is InChI=1S/C16H21N3O2/c1-12-9-14(20)13(10-18-12)15(21)19-16(11-17)7-5-3-2-4-6-8-16/h9-10H,2-8H2,1H3,(H,18,20)(H,19,21). The second-order valence-corrected chi connectivity index (χ2v) is 5.81. The van der Waals surface area contributed by atoms with Crippen molar-refractivity contribution in [3.8, 4) is 6.07 Å². The zero-order valence-electron chi connectivity index (χ0n) is 12.4. The van der Waals surface area contributed by atoms with Crippen LogP contribution in [0.15, 0.2) is 17.1 Å². The van der Waals surface area contributed by atoms with Crippen LogP contribution in [-0.2, 0) is 0 Å². The molecule has 0 aromatic carbocycles. The van der Waals surface area contributed by atoms with E-state index in [9.17, 15) is 14.9 Å². The molecule has 0 atom stereocenters. The summed E-state index contributed by atoms with van der Waals surface area (Å²) >= 11 is 0. The van der Waals surface area contributed by atoms with Crippen molar-refractivity contribution in [3.05, 3.63) is 33.7 Å². The maximum atomic E-state index is 12.3. The summed E-state index contributed by atoms with van der Waals surface area (Å²) < 4.78 is 0. The van der Waals surface area contributed by atoms with Crippen LogP contribution in [0.3, 0.4) is 0 Å². The minimum Gasteiger partial charge on any atom is -0.364 e. The first kappa shape index (κ1) is 15.3. The van der Waals surface area contributed by atoms with Crippen molar-refractivity contribution in [2.24, 2.45) is 0 Å². The van der Waals surface area contributed by atoms with Crippen LogP contribution in [-0.4, -0.2) is 16.4 Å². The van der Waals surface area contributed by atoms with Crippen molar-refractivity contribution in [1.29, 1.82) is 5.26 Å². The number of H-pyrrole nitrogens is 1. The second kappa shape index (κ2) is 6.57. The highest BCUT2D eigenvalue weighted by atomic mass is 16.2. The Labute approximate surface area is 124 Å². The topological polar surface area (TPSA) is 85.8 Å². The molecule has 112 valence electrons. The van der Waals surface area contributed by atoms with E-state index in [4.69, 9.17) is 0 Å². The van der Waals surface area contributed by atoms with Crippen LogP contribution in [0.2, 0.25) is 0 Å². The summed E-state index contributed by atoms with van der Waals surface area (Å²) in [6.45, 7) is 1.76. The van der Waals surface area contributed by atoms with Gasteiger partial charge in [0.2, 0.25) is 0 Å². The maximum Gasteiger partial charge on any atom is 0.257 e. The lowest BCUT2D eigenvalue weighted by Crippen LogP contribution is -2.48. The summed E-state index contributed by atoms with van der Waals surface area (Å²) in [5, 5.41) is 12.3. The van der Waals surface area contributed by atoms with Gasteiger partial charge in [0.15, 0.2) is 5.43 Å². The van der Waals surface area contributed by atoms with E-state index in [1.54, 1.807) is 6.92 Å². The maximum absolute atomic E-state index is 12.3. The molecular weight excluding hydrogens is 266 g/mol. The fraction of sp³-hybridized carbons (Fsp3) is 0.562. The van der Waals surface area contributed by atoms with Crippen molar-refractivity contribution in [2.75, 3.05) is 0 Å². The molecule has 0 bridgehead atoms. The second-order valence-electron chi connectivity index (χ2n) is 5.81. The molecule has 0 aliphatic heterocycles. The van der Waals surface area contributed by atoms with Gasteiger partial charge in [-0.1, -0.05) is 32.1 Å². The number of pyridine rings is 1. The van der Waals surface area contributed by atoms with E-state index in [0.717, 1.165) is 25.7 Å². The molecule has 1 aliphatic carbocycles. The van der Waals surface area contributed by atoms with Gasteiger partial charge in [-0.2, -0.15) is 5.26 Å². The van der Waals surface area contributed by atoms with Gasteiger partial charge in [0, 0.05) is 18.0 Å². The van der Waals surface area contributed by atoms with Crippen molar-refractivity contribution < 1.29 is 4.79 Å². The summed E-state index contributed by atoms with van der Waals surface area (Å²) in [4.78, 5) is 27.1. The predicted octanol–water partition coefficient (Wildman–Crippen LogP) is 2.42. The summed E-state index contributed by atoms with van der Waals surface area (Å²) in [5.74, 6) is -0.460. The van der Waals surface area contributed by atoms with Gasteiger partial charge in [-0.05, 0) is 19.8 Å². The Morgan fingerprint density at radius 2 is 1.90 bits per heavy atom. The first-order valence-electron chi connectivity index (χ1n) is 7.49. The minimum absolute atomic E-state index is 0.0669. The van der Waals surface area contributed by atoms with Gasteiger partial charge in [-0.15, -0.1) is 0 Å². The molecule has 2 rings (SSSR count). The van der Waals surface area contributed by atoms with Crippen LogP contribution in [0.25, 0.3) is 0 Å². The Bertz CT molecular complexity index is 605. The van der Waals surface area contributed by atoms with Crippen LogP contribution in [0.5, 0.6) is 0 Å². The first-order valence-corrected chi connectivity index (χ1v) is 7.49. The van der Waals surface area contributed by atoms with E-state index in [1.807, 2.05) is 0 Å². The lowest BCUT2D eigenvalue weighted by atomic mass is 9.85. The molecule has 1 fully saturated rings. The van der Waals surface area contributed by atoms with Gasteiger partial charge in [0.05, 0.1) is 6.07 Å². The first-order chi connectivity index (χ1) is 10.1. The van der Waals surface area contributed by atoms with Crippen molar-refractivity contribution in [3.63, 3.8) is 0 Å². The van der Waals surface area contributed by atoms with Gasteiger partial charge in [-0.25, -0.2) is 0 Å². The number of amides is 1. The Balaban J connectivity index is 2.19. The normalized spacial score (nSPS) is 18.1. The highest BCUT2D eigenvalue weighted by molar-refractivity contribution is 5.94. The number of hydrogen-bond donors (Lipinski definition) is 2. The zero-order chi connectivity index (χ0) is 15.3. The average molecular weight is 287 g/mol. The number of aromatic amines is 1. The molecule has 1 saturated carbocycles. The number of nitrogens with one attached hydrogen (secondary N) is 2. The molecule has 1 amide bonds. The fourth-order valence-electron chi connectivity index (χ4n) is 2.81. The fourth-order valence-corrected chi connectivity index (χ4v) is 2.81. The molecule has 2 N–H and O–H groups in total. The Morgan fingerprint density at radius 1 is 1.29 bits per heavy atom. The van der Waals surface area contributed by atoms with Gasteiger partial charge < -0.3 is 10.3 Å². The molecule has 1 aromatic rings. The molecule has 0 saturated heterocycles. The van der Waals surface area contributed by atoms with Crippen LogP contribution < -0.4 is 10.7 Å². The lowest BCUT2D eigenvalue weighted by molar-refractivity contribution is 0.0906. The third kappa shape index (κ3) is 3.72. The van der Waals surface area contributed by atoms with Crippen molar-refractivity contribution in [2.45, 2.75) is 57.4 Å². The quantitative estimate of drug-likeness (QED) is 0.875. The lowest BCUT2D eigenvalue weighted by Gasteiger charge is -2.29. The number of aryl methyl sites for hydroxylation is 1. The van der Waals surface area contributed by atoms with Gasteiger partial charge in [0.25, 0.3) is 5.91 Å². The summed E-state index contributed by atoms with van der Waals surface area (Å²) in [7, 11) is 0. The zero-order valence-corrected chi connectivity index (χ0v) is 12.4. The number of hydrogen-bond acceptors (Lipinski definition) is 3. The third-order valence-corrected chi connectivity index (χ3v) is 4.08. The molecule has 21 heavy (non-hydrogen) atoms. The van der Waals surface area contributed by atoms with Gasteiger partial charge in [-0.3, -0.25) is 9.59 Å². The summed E-state index contributed by atoms with van der Waals surface area (Å²) in [6.07, 6.45) is 7.94. The van der Waals surface area contributed by atoms with E-state index in [0.29, 0.717) is 18.5 Å². The van der Waals surface area contributed by atoms with Gasteiger partial charge >= 0.3 is 0 Å². The molecule has 5 nitrogen and oxygen atoms in total. The number of carbonyl (C=O) groups is 1. The Kier molecular flexibility index (Phi) is 4.79. The third-order valence-electron chi connectivity index (χ3n) is 4.08. The smallest absolute Gasteiger partial charge is 0.257 e. The highest BCUT2D eigenvalue weighted by Gasteiger charge is 2.32. The molecule has 0 spiro atoms. The van der Waals surface area contributed by atoms with Crippen LogP contribution >= 0.6 is 0 Å². The molecule has 5 heteroatoms. The largest absolute Gasteiger partial charge is 0.364 e. The monoisotopic (exact) mass is 287 g/mol. The Hall–Kier alpha value is -2.09. The van der Waals surface area contributed by atoms with E-state index < -0.39 is 11.4 Å². The van der Waals surface area contributed by atoms with E-state index in [2.05, 4.69) is 16.4 Å². The number of nitrogens with zero attached hydrogens (tertiary/aromatic N) is 1. The Morgan fingerprint density at radius 3 is 2.48 bits per heavy atom. The summed E-state index contributed by atoms with van der Waals surface area (Å²) in [5.41, 5.74) is -0.382. The highest BCUT2D eigenvalue weighted by Crippen LogP contribution is 2.26. The molecule has 0 radical (unpaired) electrons.